The van der Waals surface area contributed by atoms with Gasteiger partial charge in [-0.1, -0.05) is 6.42 Å². The van der Waals surface area contributed by atoms with Crippen molar-refractivity contribution < 1.29 is 4.79 Å². The number of carbonyl (C=O) groups excluding carboxylic acids is 1. The van der Waals surface area contributed by atoms with Crippen LogP contribution in [0.4, 0.5) is 0 Å². The largest absolute Gasteiger partial charge is 0.356 e. The molecule has 0 radical (unpaired) electrons. The zero-order valence-corrected chi connectivity index (χ0v) is 9.44. The van der Waals surface area contributed by atoms with Crippen molar-refractivity contribution in [2.45, 2.75) is 37.4 Å². The average Bonchev–Trinajstić information content (AvgIpc) is 2.20. The summed E-state index contributed by atoms with van der Waals surface area (Å²) in [6.07, 6.45) is 5.37. The standard InChI is InChI=1S/C10H20N2OS/c11-5-3-6-12-10(13)8-9-4-1-2-7-14-9/h9H,1-8,11H2,(H,12,13). The quantitative estimate of drug-likeness (QED) is 0.677. The van der Waals surface area contributed by atoms with Crippen LogP contribution in [0.5, 0.6) is 0 Å². The number of rotatable bonds is 5. The van der Waals surface area contributed by atoms with Crippen LogP contribution in [0.3, 0.4) is 0 Å². The van der Waals surface area contributed by atoms with E-state index in [1.807, 2.05) is 11.8 Å². The average molecular weight is 216 g/mol. The minimum absolute atomic E-state index is 0.192. The molecule has 1 atom stereocenters. The van der Waals surface area contributed by atoms with Crippen molar-refractivity contribution in [2.24, 2.45) is 5.73 Å². The van der Waals surface area contributed by atoms with Crippen molar-refractivity contribution in [3.05, 3.63) is 0 Å². The molecule has 82 valence electrons. The Balaban J connectivity index is 2.06. The minimum Gasteiger partial charge on any atom is -0.356 e. The van der Waals surface area contributed by atoms with Crippen LogP contribution in [-0.4, -0.2) is 30.0 Å². The van der Waals surface area contributed by atoms with E-state index in [1.54, 1.807) is 0 Å². The molecular formula is C10H20N2OS. The van der Waals surface area contributed by atoms with Crippen LogP contribution in [0, 0.1) is 0 Å². The monoisotopic (exact) mass is 216 g/mol. The fourth-order valence-electron chi connectivity index (χ4n) is 1.58. The van der Waals surface area contributed by atoms with Gasteiger partial charge in [-0.25, -0.2) is 0 Å². The Morgan fingerprint density at radius 3 is 3.00 bits per heavy atom. The third-order valence-electron chi connectivity index (χ3n) is 2.39. The van der Waals surface area contributed by atoms with Crippen molar-refractivity contribution in [2.75, 3.05) is 18.8 Å². The van der Waals surface area contributed by atoms with Crippen LogP contribution in [0.15, 0.2) is 0 Å². The van der Waals surface area contributed by atoms with Gasteiger partial charge < -0.3 is 11.1 Å². The molecule has 1 aliphatic heterocycles. The van der Waals surface area contributed by atoms with Crippen LogP contribution in [-0.2, 0) is 4.79 Å². The lowest BCUT2D eigenvalue weighted by atomic mass is 10.1. The second kappa shape index (κ2) is 7.12. The molecule has 1 unspecified atom stereocenters. The molecule has 0 aromatic heterocycles. The highest BCUT2D eigenvalue weighted by Gasteiger charge is 2.16. The summed E-state index contributed by atoms with van der Waals surface area (Å²) in [6.45, 7) is 1.38. The van der Waals surface area contributed by atoms with E-state index in [0.717, 1.165) is 13.0 Å². The molecule has 1 aliphatic rings. The number of hydrogen-bond acceptors (Lipinski definition) is 3. The van der Waals surface area contributed by atoms with Crippen molar-refractivity contribution in [3.8, 4) is 0 Å². The lowest BCUT2D eigenvalue weighted by Gasteiger charge is -2.20. The van der Waals surface area contributed by atoms with Gasteiger partial charge >= 0.3 is 0 Å². The summed E-state index contributed by atoms with van der Waals surface area (Å²) >= 11 is 1.95. The Labute approximate surface area is 90.2 Å². The lowest BCUT2D eigenvalue weighted by Crippen LogP contribution is -2.29. The maximum absolute atomic E-state index is 11.4. The highest BCUT2D eigenvalue weighted by atomic mass is 32.2. The number of nitrogens with one attached hydrogen (secondary N) is 1. The summed E-state index contributed by atoms with van der Waals surface area (Å²) in [5.74, 6) is 1.42. The van der Waals surface area contributed by atoms with E-state index < -0.39 is 0 Å². The van der Waals surface area contributed by atoms with Gasteiger partial charge in [-0.15, -0.1) is 0 Å². The van der Waals surface area contributed by atoms with E-state index in [0.29, 0.717) is 18.2 Å². The van der Waals surface area contributed by atoms with Crippen molar-refractivity contribution in [1.82, 2.24) is 5.32 Å². The van der Waals surface area contributed by atoms with E-state index in [1.165, 1.54) is 25.0 Å². The normalized spacial score (nSPS) is 21.9. The molecular weight excluding hydrogens is 196 g/mol. The van der Waals surface area contributed by atoms with Crippen molar-refractivity contribution in [1.29, 1.82) is 0 Å². The zero-order valence-electron chi connectivity index (χ0n) is 8.63. The van der Waals surface area contributed by atoms with Gasteiger partial charge in [0.05, 0.1) is 0 Å². The van der Waals surface area contributed by atoms with Gasteiger partial charge in [0.15, 0.2) is 0 Å². The Bertz CT molecular complexity index is 170. The third-order valence-corrected chi connectivity index (χ3v) is 3.79. The topological polar surface area (TPSA) is 55.1 Å². The van der Waals surface area contributed by atoms with Gasteiger partial charge in [-0.2, -0.15) is 11.8 Å². The van der Waals surface area contributed by atoms with Crippen LogP contribution < -0.4 is 11.1 Å². The highest BCUT2D eigenvalue weighted by Crippen LogP contribution is 2.27. The first-order valence-corrected chi connectivity index (χ1v) is 6.46. The molecule has 1 heterocycles. The summed E-state index contributed by atoms with van der Waals surface area (Å²) in [4.78, 5) is 11.4. The maximum Gasteiger partial charge on any atom is 0.221 e. The molecule has 0 spiro atoms. The minimum atomic E-state index is 0.192. The van der Waals surface area contributed by atoms with Crippen LogP contribution in [0.25, 0.3) is 0 Å². The van der Waals surface area contributed by atoms with E-state index in [-0.39, 0.29) is 5.91 Å². The van der Waals surface area contributed by atoms with Gasteiger partial charge in [0.2, 0.25) is 5.91 Å². The fourth-order valence-corrected chi connectivity index (χ4v) is 2.88. The number of hydrogen-bond donors (Lipinski definition) is 2. The molecule has 1 saturated heterocycles. The SMILES string of the molecule is NCCCNC(=O)CC1CCCCS1. The summed E-state index contributed by atoms with van der Waals surface area (Å²) in [5, 5.41) is 3.46. The molecule has 1 fully saturated rings. The number of carbonyl (C=O) groups is 1. The van der Waals surface area contributed by atoms with Crippen molar-refractivity contribution >= 4 is 17.7 Å². The molecule has 0 saturated carbocycles. The van der Waals surface area contributed by atoms with Gasteiger partial charge in [-0.3, -0.25) is 4.79 Å². The van der Waals surface area contributed by atoms with Gasteiger partial charge in [-0.05, 0) is 31.6 Å². The molecule has 0 aromatic carbocycles. The van der Waals surface area contributed by atoms with E-state index in [2.05, 4.69) is 5.32 Å². The zero-order chi connectivity index (χ0) is 10.2. The van der Waals surface area contributed by atoms with E-state index in [9.17, 15) is 4.79 Å². The molecule has 4 heteroatoms. The molecule has 1 amide bonds. The molecule has 3 N–H and O–H groups in total. The Morgan fingerprint density at radius 1 is 1.50 bits per heavy atom. The summed E-state index contributed by atoms with van der Waals surface area (Å²) < 4.78 is 0. The third kappa shape index (κ3) is 4.86. The van der Waals surface area contributed by atoms with Crippen LogP contribution in [0.2, 0.25) is 0 Å². The molecule has 1 rings (SSSR count). The summed E-state index contributed by atoms with van der Waals surface area (Å²) in [6, 6.07) is 0. The fraction of sp³-hybridized carbons (Fsp3) is 0.900. The number of amides is 1. The van der Waals surface area contributed by atoms with Gasteiger partial charge in [0, 0.05) is 18.2 Å². The maximum atomic E-state index is 11.4. The Hall–Kier alpha value is -0.220. The predicted molar refractivity (Wildman–Crippen MR) is 61.4 cm³/mol. The molecule has 14 heavy (non-hydrogen) atoms. The van der Waals surface area contributed by atoms with E-state index >= 15 is 0 Å². The summed E-state index contributed by atoms with van der Waals surface area (Å²) in [7, 11) is 0. The first-order valence-electron chi connectivity index (χ1n) is 5.41. The Kier molecular flexibility index (Phi) is 6.03. The first-order chi connectivity index (χ1) is 6.83. The van der Waals surface area contributed by atoms with Crippen LogP contribution >= 0.6 is 11.8 Å². The molecule has 3 nitrogen and oxygen atoms in total. The smallest absolute Gasteiger partial charge is 0.221 e. The second-order valence-corrected chi connectivity index (χ2v) is 5.09. The molecule has 0 aromatic rings. The highest BCUT2D eigenvalue weighted by molar-refractivity contribution is 7.99. The Morgan fingerprint density at radius 2 is 2.36 bits per heavy atom. The second-order valence-electron chi connectivity index (χ2n) is 3.68. The molecule has 0 aliphatic carbocycles. The van der Waals surface area contributed by atoms with Gasteiger partial charge in [0.25, 0.3) is 0 Å². The van der Waals surface area contributed by atoms with E-state index in [4.69, 9.17) is 5.73 Å². The number of nitrogens with two attached hydrogens (primary N) is 1. The van der Waals surface area contributed by atoms with Gasteiger partial charge in [0.1, 0.15) is 0 Å². The molecule has 0 bridgehead atoms. The predicted octanol–water partition coefficient (Wildman–Crippen LogP) is 1.13. The number of thioether (sulfide) groups is 1. The summed E-state index contributed by atoms with van der Waals surface area (Å²) in [5.41, 5.74) is 5.34. The lowest BCUT2D eigenvalue weighted by molar-refractivity contribution is -0.121. The first kappa shape index (κ1) is 11.9. The van der Waals surface area contributed by atoms with Crippen molar-refractivity contribution in [3.63, 3.8) is 0 Å². The van der Waals surface area contributed by atoms with Crippen LogP contribution in [0.1, 0.15) is 32.1 Å².